The minimum Gasteiger partial charge on any atom is -0.462 e. The zero-order chi connectivity index (χ0) is 10.7. The van der Waals surface area contributed by atoms with Crippen LogP contribution >= 0.6 is 11.6 Å². The quantitative estimate of drug-likeness (QED) is 0.711. The largest absolute Gasteiger partial charge is 0.462 e. The van der Waals surface area contributed by atoms with E-state index in [0.29, 0.717) is 10.6 Å². The predicted molar refractivity (Wildman–Crippen MR) is 52.1 cm³/mol. The van der Waals surface area contributed by atoms with Crippen LogP contribution in [0.25, 0.3) is 0 Å². The highest BCUT2D eigenvalue weighted by molar-refractivity contribution is 6.31. The van der Waals surface area contributed by atoms with Crippen LogP contribution in [0.2, 0.25) is 5.02 Å². The van der Waals surface area contributed by atoms with E-state index in [0.717, 1.165) is 0 Å². The Labute approximate surface area is 86.6 Å². The number of aryl methyl sites for hydroxylation is 1. The minimum atomic E-state index is -0.688. The van der Waals surface area contributed by atoms with E-state index in [2.05, 4.69) is 4.74 Å². The van der Waals surface area contributed by atoms with Gasteiger partial charge in [-0.05, 0) is 31.5 Å². The molecule has 0 N–H and O–H groups in total. The molecule has 0 spiro atoms. The zero-order valence-electron chi connectivity index (χ0n) is 7.93. The SMILES string of the molecule is CCOC(=O)c1cc(Cl)c(C)cc1F. The standard InChI is InChI=1S/C10H10ClFO2/c1-3-14-10(13)7-5-8(11)6(2)4-9(7)12/h4-5H,3H2,1-2H3. The number of hydrogen-bond acceptors (Lipinski definition) is 2. The highest BCUT2D eigenvalue weighted by Gasteiger charge is 2.14. The lowest BCUT2D eigenvalue weighted by molar-refractivity contribution is 0.0521. The Morgan fingerprint density at radius 1 is 1.57 bits per heavy atom. The summed E-state index contributed by atoms with van der Waals surface area (Å²) in [6, 6.07) is 2.50. The summed E-state index contributed by atoms with van der Waals surface area (Å²) >= 11 is 5.76. The van der Waals surface area contributed by atoms with Crippen LogP contribution in [0.4, 0.5) is 4.39 Å². The van der Waals surface area contributed by atoms with Crippen molar-refractivity contribution in [3.05, 3.63) is 34.1 Å². The number of benzene rings is 1. The first-order chi connectivity index (χ1) is 6.56. The first kappa shape index (κ1) is 11.0. The smallest absolute Gasteiger partial charge is 0.341 e. The first-order valence-corrected chi connectivity index (χ1v) is 4.56. The molecule has 0 aliphatic rings. The van der Waals surface area contributed by atoms with Gasteiger partial charge in [-0.1, -0.05) is 11.6 Å². The van der Waals surface area contributed by atoms with Gasteiger partial charge >= 0.3 is 5.97 Å². The molecule has 4 heteroatoms. The van der Waals surface area contributed by atoms with Gasteiger partial charge in [-0.2, -0.15) is 0 Å². The van der Waals surface area contributed by atoms with Crippen molar-refractivity contribution in [2.24, 2.45) is 0 Å². The summed E-state index contributed by atoms with van der Waals surface area (Å²) in [5.41, 5.74) is 0.472. The fourth-order valence-electron chi connectivity index (χ4n) is 1.01. The van der Waals surface area contributed by atoms with Crippen LogP contribution in [0, 0.1) is 12.7 Å². The van der Waals surface area contributed by atoms with E-state index in [4.69, 9.17) is 11.6 Å². The molecule has 1 rings (SSSR count). The second kappa shape index (κ2) is 4.42. The number of esters is 1. The summed E-state index contributed by atoms with van der Waals surface area (Å²) < 4.78 is 17.9. The Kier molecular flexibility index (Phi) is 3.47. The molecule has 1 aromatic rings. The van der Waals surface area contributed by atoms with E-state index in [1.54, 1.807) is 13.8 Å². The van der Waals surface area contributed by atoms with Gasteiger partial charge in [0.15, 0.2) is 0 Å². The summed E-state index contributed by atoms with van der Waals surface area (Å²) in [6.07, 6.45) is 0. The normalized spacial score (nSPS) is 10.0. The van der Waals surface area contributed by atoms with Crippen molar-refractivity contribution < 1.29 is 13.9 Å². The fraction of sp³-hybridized carbons (Fsp3) is 0.300. The van der Waals surface area contributed by atoms with E-state index < -0.39 is 11.8 Å². The molecule has 0 atom stereocenters. The third-order valence-corrected chi connectivity index (χ3v) is 2.15. The van der Waals surface area contributed by atoms with Gasteiger partial charge in [0.1, 0.15) is 5.82 Å². The minimum absolute atomic E-state index is 0.123. The first-order valence-electron chi connectivity index (χ1n) is 4.19. The van der Waals surface area contributed by atoms with E-state index in [9.17, 15) is 9.18 Å². The lowest BCUT2D eigenvalue weighted by Gasteiger charge is -2.05. The van der Waals surface area contributed by atoms with Crippen LogP contribution in [0.3, 0.4) is 0 Å². The number of carbonyl (C=O) groups excluding carboxylic acids is 1. The van der Waals surface area contributed by atoms with Crippen molar-refractivity contribution in [2.75, 3.05) is 6.61 Å². The molecule has 1 aromatic carbocycles. The van der Waals surface area contributed by atoms with Crippen LogP contribution in [-0.4, -0.2) is 12.6 Å². The van der Waals surface area contributed by atoms with E-state index in [-0.39, 0.29) is 12.2 Å². The van der Waals surface area contributed by atoms with Crippen molar-refractivity contribution in [2.45, 2.75) is 13.8 Å². The summed E-state index contributed by atoms with van der Waals surface area (Å²) in [6.45, 7) is 3.54. The molecule has 0 heterocycles. The molecule has 0 bridgehead atoms. The van der Waals surface area contributed by atoms with Crippen LogP contribution in [-0.2, 0) is 4.74 Å². The van der Waals surface area contributed by atoms with E-state index in [1.165, 1.54) is 12.1 Å². The molecule has 0 fully saturated rings. The average molecular weight is 217 g/mol. The lowest BCUT2D eigenvalue weighted by atomic mass is 10.1. The molecule has 0 aromatic heterocycles. The third-order valence-electron chi connectivity index (χ3n) is 1.74. The molecule has 0 aliphatic carbocycles. The van der Waals surface area contributed by atoms with Gasteiger partial charge in [-0.15, -0.1) is 0 Å². The number of hydrogen-bond donors (Lipinski definition) is 0. The maximum Gasteiger partial charge on any atom is 0.341 e. The van der Waals surface area contributed by atoms with E-state index in [1.807, 2.05) is 0 Å². The van der Waals surface area contributed by atoms with Crippen molar-refractivity contribution in [3.63, 3.8) is 0 Å². The Bertz CT molecular complexity index is 363. The summed E-state index contributed by atoms with van der Waals surface area (Å²) in [7, 11) is 0. The molecular formula is C10H10ClFO2. The van der Waals surface area contributed by atoms with Gasteiger partial charge in [-0.3, -0.25) is 0 Å². The number of rotatable bonds is 2. The molecule has 0 radical (unpaired) electrons. The second-order valence-corrected chi connectivity index (χ2v) is 3.21. The Balaban J connectivity index is 3.09. The molecule has 0 amide bonds. The topological polar surface area (TPSA) is 26.3 Å². The lowest BCUT2D eigenvalue weighted by Crippen LogP contribution is -2.07. The Morgan fingerprint density at radius 3 is 2.79 bits per heavy atom. The molecule has 14 heavy (non-hydrogen) atoms. The number of halogens is 2. The molecule has 2 nitrogen and oxygen atoms in total. The van der Waals surface area contributed by atoms with Crippen LogP contribution in [0.1, 0.15) is 22.8 Å². The second-order valence-electron chi connectivity index (χ2n) is 2.80. The predicted octanol–water partition coefficient (Wildman–Crippen LogP) is 2.96. The fourth-order valence-corrected chi connectivity index (χ4v) is 1.18. The Hall–Kier alpha value is -1.09. The van der Waals surface area contributed by atoms with Crippen molar-refractivity contribution in [1.82, 2.24) is 0 Å². The Morgan fingerprint density at radius 2 is 2.21 bits per heavy atom. The van der Waals surface area contributed by atoms with Gasteiger partial charge in [0.2, 0.25) is 0 Å². The molecule has 0 unspecified atom stereocenters. The van der Waals surface area contributed by atoms with Crippen molar-refractivity contribution in [1.29, 1.82) is 0 Å². The number of ether oxygens (including phenoxy) is 1. The average Bonchev–Trinajstić information content (AvgIpc) is 2.11. The molecule has 0 aliphatic heterocycles. The summed E-state index contributed by atoms with van der Waals surface area (Å²) in [5.74, 6) is -1.29. The molecule has 0 saturated carbocycles. The third kappa shape index (κ3) is 2.23. The maximum absolute atomic E-state index is 13.2. The molecular weight excluding hydrogens is 207 g/mol. The van der Waals surface area contributed by atoms with Gasteiger partial charge in [0.05, 0.1) is 12.2 Å². The van der Waals surface area contributed by atoms with Gasteiger partial charge in [0.25, 0.3) is 0 Å². The van der Waals surface area contributed by atoms with E-state index >= 15 is 0 Å². The van der Waals surface area contributed by atoms with Gasteiger partial charge in [-0.25, -0.2) is 9.18 Å². The highest BCUT2D eigenvalue weighted by Crippen LogP contribution is 2.20. The van der Waals surface area contributed by atoms with Crippen molar-refractivity contribution in [3.8, 4) is 0 Å². The monoisotopic (exact) mass is 216 g/mol. The highest BCUT2D eigenvalue weighted by atomic mass is 35.5. The molecule has 76 valence electrons. The summed E-state index contributed by atoms with van der Waals surface area (Å²) in [4.78, 5) is 11.2. The number of carbonyl (C=O) groups is 1. The van der Waals surface area contributed by atoms with Gasteiger partial charge in [0, 0.05) is 5.02 Å². The zero-order valence-corrected chi connectivity index (χ0v) is 8.69. The maximum atomic E-state index is 13.2. The van der Waals surface area contributed by atoms with Crippen LogP contribution < -0.4 is 0 Å². The van der Waals surface area contributed by atoms with Gasteiger partial charge < -0.3 is 4.74 Å². The van der Waals surface area contributed by atoms with Crippen LogP contribution in [0.5, 0.6) is 0 Å². The van der Waals surface area contributed by atoms with Crippen LogP contribution in [0.15, 0.2) is 12.1 Å². The van der Waals surface area contributed by atoms with Crippen molar-refractivity contribution >= 4 is 17.6 Å². The summed E-state index contributed by atoms with van der Waals surface area (Å²) in [5, 5.41) is 0.356. The molecule has 0 saturated heterocycles.